The maximum Gasteiger partial charge on any atom is -0.0199 e. The number of rotatable bonds is 4. The van der Waals surface area contributed by atoms with E-state index in [4.69, 9.17) is 0 Å². The van der Waals surface area contributed by atoms with E-state index in [9.17, 15) is 0 Å². The SMILES string of the molecule is CCCC(C)CC1CC2C=CC1C2. The normalized spacial score (nSPS) is 38.5. The van der Waals surface area contributed by atoms with E-state index in [1.54, 1.807) is 0 Å². The van der Waals surface area contributed by atoms with Crippen molar-refractivity contribution in [3.05, 3.63) is 12.2 Å². The van der Waals surface area contributed by atoms with Crippen LogP contribution in [-0.4, -0.2) is 0 Å². The summed E-state index contributed by atoms with van der Waals surface area (Å²) >= 11 is 0. The molecule has 2 bridgehead atoms. The molecule has 0 aliphatic heterocycles. The molecule has 0 heteroatoms. The second kappa shape index (κ2) is 3.86. The molecule has 2 aliphatic rings. The molecule has 0 aromatic carbocycles. The molecule has 0 radical (unpaired) electrons. The van der Waals surface area contributed by atoms with E-state index >= 15 is 0 Å². The predicted octanol–water partition coefficient (Wildman–Crippen LogP) is 4.02. The summed E-state index contributed by atoms with van der Waals surface area (Å²) in [6.45, 7) is 4.73. The average Bonchev–Trinajstić information content (AvgIpc) is 2.65. The zero-order valence-electron chi connectivity index (χ0n) is 9.00. The van der Waals surface area contributed by atoms with Crippen LogP contribution in [0, 0.1) is 23.7 Å². The van der Waals surface area contributed by atoms with Gasteiger partial charge in [-0.05, 0) is 42.9 Å². The number of fused-ring (bicyclic) bond motifs is 2. The van der Waals surface area contributed by atoms with Crippen LogP contribution in [0.15, 0.2) is 12.2 Å². The van der Waals surface area contributed by atoms with Gasteiger partial charge < -0.3 is 0 Å². The Morgan fingerprint density at radius 3 is 2.69 bits per heavy atom. The number of hydrogen-bond donors (Lipinski definition) is 0. The molecule has 1 fully saturated rings. The highest BCUT2D eigenvalue weighted by atomic mass is 14.4. The van der Waals surface area contributed by atoms with Crippen LogP contribution in [0.4, 0.5) is 0 Å². The standard InChI is InChI=1S/C13H22/c1-3-4-10(2)7-13-9-11-5-6-12(13)8-11/h5-6,10-13H,3-4,7-9H2,1-2H3. The highest BCUT2D eigenvalue weighted by Gasteiger charge is 2.35. The first-order valence-corrected chi connectivity index (χ1v) is 5.98. The van der Waals surface area contributed by atoms with Crippen LogP contribution < -0.4 is 0 Å². The highest BCUT2D eigenvalue weighted by molar-refractivity contribution is 5.10. The zero-order valence-corrected chi connectivity index (χ0v) is 9.00. The molecule has 0 amide bonds. The summed E-state index contributed by atoms with van der Waals surface area (Å²) in [7, 11) is 0. The molecule has 4 unspecified atom stereocenters. The first-order chi connectivity index (χ1) is 6.29. The quantitative estimate of drug-likeness (QED) is 0.570. The molecule has 0 spiro atoms. The van der Waals surface area contributed by atoms with Gasteiger partial charge in [-0.15, -0.1) is 0 Å². The van der Waals surface area contributed by atoms with Gasteiger partial charge in [0.15, 0.2) is 0 Å². The fourth-order valence-corrected chi connectivity index (χ4v) is 3.29. The number of hydrogen-bond acceptors (Lipinski definition) is 0. The molecule has 13 heavy (non-hydrogen) atoms. The van der Waals surface area contributed by atoms with E-state index in [0.717, 1.165) is 23.7 Å². The minimum absolute atomic E-state index is 0.961. The van der Waals surface area contributed by atoms with Crippen molar-refractivity contribution < 1.29 is 0 Å². The van der Waals surface area contributed by atoms with Gasteiger partial charge in [0, 0.05) is 0 Å². The Labute approximate surface area is 82.4 Å². The van der Waals surface area contributed by atoms with E-state index in [1.165, 1.54) is 32.1 Å². The van der Waals surface area contributed by atoms with Crippen molar-refractivity contribution >= 4 is 0 Å². The van der Waals surface area contributed by atoms with Crippen molar-refractivity contribution in [3.63, 3.8) is 0 Å². The van der Waals surface area contributed by atoms with Crippen LogP contribution in [-0.2, 0) is 0 Å². The van der Waals surface area contributed by atoms with Crippen molar-refractivity contribution in [1.29, 1.82) is 0 Å². The first kappa shape index (κ1) is 9.30. The summed E-state index contributed by atoms with van der Waals surface area (Å²) < 4.78 is 0. The fourth-order valence-electron chi connectivity index (χ4n) is 3.29. The molecular formula is C13H22. The van der Waals surface area contributed by atoms with E-state index in [-0.39, 0.29) is 0 Å². The van der Waals surface area contributed by atoms with Crippen LogP contribution in [0.1, 0.15) is 46.0 Å². The molecule has 2 aliphatic carbocycles. The Hall–Kier alpha value is -0.260. The highest BCUT2D eigenvalue weighted by Crippen LogP contribution is 2.46. The Morgan fingerprint density at radius 2 is 2.15 bits per heavy atom. The summed E-state index contributed by atoms with van der Waals surface area (Å²) in [4.78, 5) is 0. The molecule has 0 aromatic heterocycles. The summed E-state index contributed by atoms with van der Waals surface area (Å²) in [5.74, 6) is 3.92. The third-order valence-electron chi connectivity index (χ3n) is 3.90. The van der Waals surface area contributed by atoms with Gasteiger partial charge in [-0.25, -0.2) is 0 Å². The molecular weight excluding hydrogens is 156 g/mol. The van der Waals surface area contributed by atoms with Gasteiger partial charge in [-0.2, -0.15) is 0 Å². The van der Waals surface area contributed by atoms with Gasteiger partial charge in [0.1, 0.15) is 0 Å². The largest absolute Gasteiger partial charge is 0.0851 e. The van der Waals surface area contributed by atoms with Gasteiger partial charge in [0.2, 0.25) is 0 Å². The van der Waals surface area contributed by atoms with E-state index in [2.05, 4.69) is 26.0 Å². The van der Waals surface area contributed by atoms with E-state index in [0.29, 0.717) is 0 Å². The second-order valence-corrected chi connectivity index (χ2v) is 5.17. The minimum atomic E-state index is 0.961. The van der Waals surface area contributed by atoms with Gasteiger partial charge >= 0.3 is 0 Å². The summed E-state index contributed by atoms with van der Waals surface area (Å²) in [6, 6.07) is 0. The predicted molar refractivity (Wildman–Crippen MR) is 57.5 cm³/mol. The maximum atomic E-state index is 2.48. The monoisotopic (exact) mass is 178 g/mol. The molecule has 0 heterocycles. The van der Waals surface area contributed by atoms with Gasteiger partial charge in [0.05, 0.1) is 0 Å². The molecule has 4 atom stereocenters. The van der Waals surface area contributed by atoms with Crippen molar-refractivity contribution in [1.82, 2.24) is 0 Å². The van der Waals surface area contributed by atoms with Gasteiger partial charge in [-0.3, -0.25) is 0 Å². The Kier molecular flexibility index (Phi) is 2.76. The second-order valence-electron chi connectivity index (χ2n) is 5.17. The lowest BCUT2D eigenvalue weighted by Gasteiger charge is -2.21. The minimum Gasteiger partial charge on any atom is -0.0851 e. The smallest absolute Gasteiger partial charge is 0.0199 e. The van der Waals surface area contributed by atoms with Crippen LogP contribution in [0.5, 0.6) is 0 Å². The Balaban J connectivity index is 1.80. The van der Waals surface area contributed by atoms with Crippen LogP contribution >= 0.6 is 0 Å². The lowest BCUT2D eigenvalue weighted by atomic mass is 9.84. The zero-order chi connectivity index (χ0) is 9.26. The molecule has 74 valence electrons. The lowest BCUT2D eigenvalue weighted by molar-refractivity contribution is 0.331. The first-order valence-electron chi connectivity index (χ1n) is 5.98. The Morgan fingerprint density at radius 1 is 1.31 bits per heavy atom. The number of allylic oxidation sites excluding steroid dienone is 2. The molecule has 2 rings (SSSR count). The van der Waals surface area contributed by atoms with Crippen LogP contribution in [0.2, 0.25) is 0 Å². The van der Waals surface area contributed by atoms with Crippen LogP contribution in [0.25, 0.3) is 0 Å². The third kappa shape index (κ3) is 1.98. The van der Waals surface area contributed by atoms with E-state index in [1.807, 2.05) is 0 Å². The van der Waals surface area contributed by atoms with Crippen molar-refractivity contribution in [2.45, 2.75) is 46.0 Å². The molecule has 0 nitrogen and oxygen atoms in total. The van der Waals surface area contributed by atoms with Gasteiger partial charge in [-0.1, -0.05) is 38.8 Å². The molecule has 0 saturated heterocycles. The van der Waals surface area contributed by atoms with Crippen molar-refractivity contribution in [2.24, 2.45) is 23.7 Å². The van der Waals surface area contributed by atoms with Gasteiger partial charge in [0.25, 0.3) is 0 Å². The van der Waals surface area contributed by atoms with Crippen molar-refractivity contribution in [3.8, 4) is 0 Å². The summed E-state index contributed by atoms with van der Waals surface area (Å²) in [6.07, 6.45) is 12.2. The van der Waals surface area contributed by atoms with Crippen molar-refractivity contribution in [2.75, 3.05) is 0 Å². The van der Waals surface area contributed by atoms with Crippen LogP contribution in [0.3, 0.4) is 0 Å². The topological polar surface area (TPSA) is 0 Å². The molecule has 1 saturated carbocycles. The Bertz CT molecular complexity index is 192. The summed E-state index contributed by atoms with van der Waals surface area (Å²) in [5, 5.41) is 0. The van der Waals surface area contributed by atoms with E-state index < -0.39 is 0 Å². The maximum absolute atomic E-state index is 2.48. The summed E-state index contributed by atoms with van der Waals surface area (Å²) in [5.41, 5.74) is 0. The lowest BCUT2D eigenvalue weighted by Crippen LogP contribution is -2.11. The fraction of sp³-hybridized carbons (Fsp3) is 0.846. The average molecular weight is 178 g/mol. The molecule has 0 aromatic rings. The third-order valence-corrected chi connectivity index (χ3v) is 3.90. The molecule has 0 N–H and O–H groups in total.